The molecular weight excluding hydrogens is 338 g/mol. The second-order valence-corrected chi connectivity index (χ2v) is 7.90. The van der Waals surface area contributed by atoms with Crippen LogP contribution in [-0.4, -0.2) is 59.4 Å². The Labute approximate surface area is 153 Å². The Morgan fingerprint density at radius 1 is 1.16 bits per heavy atom. The zero-order valence-corrected chi connectivity index (χ0v) is 15.3. The van der Waals surface area contributed by atoms with Gasteiger partial charge in [-0.3, -0.25) is 14.6 Å². The minimum absolute atomic E-state index is 0.000528. The number of imide groups is 1. The van der Waals surface area contributed by atoms with Gasteiger partial charge in [0.15, 0.2) is 0 Å². The van der Waals surface area contributed by atoms with Gasteiger partial charge < -0.3 is 4.90 Å². The van der Waals surface area contributed by atoms with Crippen molar-refractivity contribution in [1.29, 1.82) is 0 Å². The number of amides is 3. The first-order valence-electron chi connectivity index (χ1n) is 9.14. The number of rotatable bonds is 3. The number of halogens is 1. The SMILES string of the molecule is CN1CCC[C@H](CN2C(=O)[C@@H]3CCCN3C2=O)[C@H]1c1cccc(Cl)c1. The molecule has 0 aromatic heterocycles. The Hall–Kier alpha value is -1.59. The molecule has 3 aliphatic rings. The van der Waals surface area contributed by atoms with Crippen molar-refractivity contribution in [2.75, 3.05) is 26.7 Å². The monoisotopic (exact) mass is 361 g/mol. The molecule has 3 amide bonds. The Balaban J connectivity index is 1.57. The van der Waals surface area contributed by atoms with E-state index in [-0.39, 0.29) is 29.9 Å². The maximum atomic E-state index is 12.7. The average molecular weight is 362 g/mol. The van der Waals surface area contributed by atoms with Crippen molar-refractivity contribution in [3.05, 3.63) is 34.9 Å². The molecule has 3 atom stereocenters. The molecule has 0 N–H and O–H groups in total. The topological polar surface area (TPSA) is 43.9 Å². The predicted molar refractivity (Wildman–Crippen MR) is 96.4 cm³/mol. The maximum absolute atomic E-state index is 12.7. The van der Waals surface area contributed by atoms with Crippen LogP contribution in [0.15, 0.2) is 24.3 Å². The normalized spacial score (nSPS) is 30.2. The molecule has 0 spiro atoms. The zero-order valence-electron chi connectivity index (χ0n) is 14.5. The molecule has 3 saturated heterocycles. The van der Waals surface area contributed by atoms with Crippen LogP contribution in [0.25, 0.3) is 0 Å². The van der Waals surface area contributed by atoms with Gasteiger partial charge in [-0.25, -0.2) is 4.79 Å². The van der Waals surface area contributed by atoms with E-state index in [0.717, 1.165) is 37.3 Å². The first-order valence-corrected chi connectivity index (χ1v) is 9.52. The summed E-state index contributed by atoms with van der Waals surface area (Å²) >= 11 is 6.20. The highest BCUT2D eigenvalue weighted by atomic mass is 35.5. The van der Waals surface area contributed by atoms with Gasteiger partial charge in [0.2, 0.25) is 0 Å². The molecule has 0 saturated carbocycles. The Bertz CT molecular complexity index is 673. The molecule has 0 radical (unpaired) electrons. The van der Waals surface area contributed by atoms with Crippen LogP contribution in [0.4, 0.5) is 4.79 Å². The number of hydrogen-bond donors (Lipinski definition) is 0. The lowest BCUT2D eigenvalue weighted by Crippen LogP contribution is -2.44. The highest BCUT2D eigenvalue weighted by Gasteiger charge is 2.48. The number of fused-ring (bicyclic) bond motifs is 1. The van der Waals surface area contributed by atoms with Crippen LogP contribution >= 0.6 is 11.6 Å². The van der Waals surface area contributed by atoms with Crippen LogP contribution in [0.3, 0.4) is 0 Å². The van der Waals surface area contributed by atoms with Crippen molar-refractivity contribution in [2.24, 2.45) is 5.92 Å². The average Bonchev–Trinajstić information content (AvgIpc) is 3.15. The van der Waals surface area contributed by atoms with E-state index in [1.165, 1.54) is 10.5 Å². The van der Waals surface area contributed by atoms with Gasteiger partial charge in [0, 0.05) is 24.2 Å². The summed E-state index contributed by atoms with van der Waals surface area (Å²) in [6.07, 6.45) is 3.85. The van der Waals surface area contributed by atoms with Gasteiger partial charge in [-0.15, -0.1) is 0 Å². The van der Waals surface area contributed by atoms with E-state index in [0.29, 0.717) is 13.1 Å². The molecule has 0 unspecified atom stereocenters. The van der Waals surface area contributed by atoms with Crippen LogP contribution in [0, 0.1) is 5.92 Å². The van der Waals surface area contributed by atoms with E-state index in [2.05, 4.69) is 18.0 Å². The van der Waals surface area contributed by atoms with Crippen LogP contribution in [0.2, 0.25) is 5.02 Å². The van der Waals surface area contributed by atoms with E-state index in [1.807, 2.05) is 18.2 Å². The van der Waals surface area contributed by atoms with Crippen LogP contribution < -0.4 is 0 Å². The van der Waals surface area contributed by atoms with Crippen molar-refractivity contribution in [2.45, 2.75) is 37.8 Å². The maximum Gasteiger partial charge on any atom is 0.327 e. The molecule has 1 aromatic rings. The predicted octanol–water partition coefficient (Wildman–Crippen LogP) is 3.15. The molecule has 3 aliphatic heterocycles. The second-order valence-electron chi connectivity index (χ2n) is 7.47. The minimum Gasteiger partial charge on any atom is -0.312 e. The molecule has 5 nitrogen and oxygen atoms in total. The van der Waals surface area contributed by atoms with E-state index < -0.39 is 0 Å². The van der Waals surface area contributed by atoms with Gasteiger partial charge in [0.1, 0.15) is 6.04 Å². The van der Waals surface area contributed by atoms with Crippen LogP contribution in [0.1, 0.15) is 37.3 Å². The number of carbonyl (C=O) groups excluding carboxylic acids is 2. The third-order valence-electron chi connectivity index (χ3n) is 5.89. The van der Waals surface area contributed by atoms with Gasteiger partial charge >= 0.3 is 6.03 Å². The van der Waals surface area contributed by atoms with Gasteiger partial charge in [-0.05, 0) is 62.9 Å². The van der Waals surface area contributed by atoms with Gasteiger partial charge in [-0.1, -0.05) is 23.7 Å². The number of likely N-dealkylation sites (tertiary alicyclic amines) is 1. The lowest BCUT2D eigenvalue weighted by Gasteiger charge is -2.40. The summed E-state index contributed by atoms with van der Waals surface area (Å²) in [5.41, 5.74) is 1.17. The summed E-state index contributed by atoms with van der Waals surface area (Å²) < 4.78 is 0. The van der Waals surface area contributed by atoms with E-state index in [4.69, 9.17) is 11.6 Å². The van der Waals surface area contributed by atoms with Gasteiger partial charge in [0.05, 0.1) is 0 Å². The number of hydrogen-bond acceptors (Lipinski definition) is 3. The molecule has 1 aromatic carbocycles. The summed E-state index contributed by atoms with van der Waals surface area (Å²) in [6, 6.07) is 7.83. The molecule has 4 rings (SSSR count). The lowest BCUT2D eigenvalue weighted by atomic mass is 9.84. The number of carbonyl (C=O) groups is 2. The molecule has 25 heavy (non-hydrogen) atoms. The fraction of sp³-hybridized carbons (Fsp3) is 0.579. The second kappa shape index (κ2) is 6.61. The molecule has 0 bridgehead atoms. The van der Waals surface area contributed by atoms with E-state index >= 15 is 0 Å². The molecule has 134 valence electrons. The van der Waals surface area contributed by atoms with Gasteiger partial charge in [-0.2, -0.15) is 0 Å². The first-order chi connectivity index (χ1) is 12.1. The summed E-state index contributed by atoms with van der Waals surface area (Å²) in [7, 11) is 2.11. The molecule has 3 fully saturated rings. The first kappa shape index (κ1) is 16.9. The molecule has 3 heterocycles. The highest BCUT2D eigenvalue weighted by Crippen LogP contribution is 2.38. The zero-order chi connectivity index (χ0) is 17.6. The Morgan fingerprint density at radius 2 is 1.96 bits per heavy atom. The molecule has 0 aliphatic carbocycles. The fourth-order valence-corrected chi connectivity index (χ4v) is 4.95. The van der Waals surface area contributed by atoms with Crippen LogP contribution in [-0.2, 0) is 4.79 Å². The Morgan fingerprint density at radius 3 is 2.72 bits per heavy atom. The van der Waals surface area contributed by atoms with Crippen molar-refractivity contribution in [3.8, 4) is 0 Å². The van der Waals surface area contributed by atoms with Crippen molar-refractivity contribution < 1.29 is 9.59 Å². The fourth-order valence-electron chi connectivity index (χ4n) is 4.75. The van der Waals surface area contributed by atoms with Gasteiger partial charge in [0.25, 0.3) is 5.91 Å². The summed E-state index contributed by atoms with van der Waals surface area (Å²) in [5, 5.41) is 0.726. The van der Waals surface area contributed by atoms with Crippen molar-refractivity contribution >= 4 is 23.5 Å². The third kappa shape index (κ3) is 2.93. The summed E-state index contributed by atoms with van der Waals surface area (Å²) in [5.74, 6) is 0.241. The number of benzene rings is 1. The van der Waals surface area contributed by atoms with Crippen LogP contribution in [0.5, 0.6) is 0 Å². The van der Waals surface area contributed by atoms with Crippen molar-refractivity contribution in [1.82, 2.24) is 14.7 Å². The standard InChI is InChI=1S/C19H24ClN3O2/c1-21-9-3-6-14(17(21)13-5-2-7-15(20)11-13)12-23-18(24)16-8-4-10-22(16)19(23)25/h2,5,7,11,14,16-17H,3-4,6,8-10,12H2,1H3/t14-,16+,17-/m1/s1. The highest BCUT2D eigenvalue weighted by molar-refractivity contribution is 6.30. The summed E-state index contributed by atoms with van der Waals surface area (Å²) in [4.78, 5) is 30.9. The molecule has 6 heteroatoms. The number of nitrogens with zero attached hydrogens (tertiary/aromatic N) is 3. The smallest absolute Gasteiger partial charge is 0.312 e. The lowest BCUT2D eigenvalue weighted by molar-refractivity contribution is -0.128. The van der Waals surface area contributed by atoms with E-state index in [1.54, 1.807) is 4.90 Å². The Kier molecular flexibility index (Phi) is 4.46. The third-order valence-corrected chi connectivity index (χ3v) is 6.13. The number of urea groups is 1. The largest absolute Gasteiger partial charge is 0.327 e. The quantitative estimate of drug-likeness (QED) is 0.777. The minimum atomic E-state index is -0.210. The van der Waals surface area contributed by atoms with Crippen molar-refractivity contribution in [3.63, 3.8) is 0 Å². The summed E-state index contributed by atoms with van der Waals surface area (Å²) in [6.45, 7) is 2.24. The molecular formula is C19H24ClN3O2. The number of piperidine rings is 1. The van der Waals surface area contributed by atoms with E-state index in [9.17, 15) is 9.59 Å².